The third-order valence-corrected chi connectivity index (χ3v) is 2.51. The summed E-state index contributed by atoms with van der Waals surface area (Å²) in [5.41, 5.74) is 6.26. The van der Waals surface area contributed by atoms with E-state index < -0.39 is 0 Å². The SMILES string of the molecule is COc1ccc(OCCCn2cc(N)cn2)cc1. The molecule has 0 unspecified atom stereocenters. The monoisotopic (exact) mass is 247 g/mol. The first-order chi connectivity index (χ1) is 8.78. The van der Waals surface area contributed by atoms with Gasteiger partial charge in [-0.1, -0.05) is 0 Å². The number of hydrogen-bond acceptors (Lipinski definition) is 4. The van der Waals surface area contributed by atoms with Gasteiger partial charge in [0, 0.05) is 19.2 Å². The van der Waals surface area contributed by atoms with Gasteiger partial charge in [0.2, 0.25) is 0 Å². The highest BCUT2D eigenvalue weighted by Gasteiger charge is 1.97. The van der Waals surface area contributed by atoms with Crippen LogP contribution < -0.4 is 15.2 Å². The highest BCUT2D eigenvalue weighted by molar-refractivity contribution is 5.31. The molecule has 0 spiro atoms. The van der Waals surface area contributed by atoms with E-state index in [0.717, 1.165) is 24.5 Å². The molecular weight excluding hydrogens is 230 g/mol. The highest BCUT2D eigenvalue weighted by Crippen LogP contribution is 2.17. The molecule has 1 heterocycles. The maximum absolute atomic E-state index is 5.61. The van der Waals surface area contributed by atoms with Crippen LogP contribution in [0, 0.1) is 0 Å². The van der Waals surface area contributed by atoms with Gasteiger partial charge in [-0.05, 0) is 24.3 Å². The molecule has 0 aliphatic heterocycles. The quantitative estimate of drug-likeness (QED) is 0.792. The number of nitrogen functional groups attached to an aromatic ring is 1. The van der Waals surface area contributed by atoms with Crippen molar-refractivity contribution in [1.29, 1.82) is 0 Å². The van der Waals surface area contributed by atoms with Crippen molar-refractivity contribution in [2.45, 2.75) is 13.0 Å². The molecule has 0 bridgehead atoms. The smallest absolute Gasteiger partial charge is 0.119 e. The molecule has 0 aliphatic carbocycles. The number of methoxy groups -OCH3 is 1. The summed E-state index contributed by atoms with van der Waals surface area (Å²) in [6.45, 7) is 1.44. The van der Waals surface area contributed by atoms with Crippen molar-refractivity contribution in [2.75, 3.05) is 19.5 Å². The van der Waals surface area contributed by atoms with Crippen LogP contribution in [-0.4, -0.2) is 23.5 Å². The molecule has 0 aliphatic rings. The second kappa shape index (κ2) is 5.95. The van der Waals surface area contributed by atoms with Gasteiger partial charge >= 0.3 is 0 Å². The number of rotatable bonds is 6. The van der Waals surface area contributed by atoms with Gasteiger partial charge < -0.3 is 15.2 Å². The molecule has 5 heteroatoms. The molecule has 96 valence electrons. The van der Waals surface area contributed by atoms with Crippen LogP contribution in [0.5, 0.6) is 11.5 Å². The van der Waals surface area contributed by atoms with Crippen molar-refractivity contribution in [1.82, 2.24) is 9.78 Å². The minimum atomic E-state index is 0.645. The van der Waals surface area contributed by atoms with Crippen LogP contribution in [0.1, 0.15) is 6.42 Å². The molecule has 2 rings (SSSR count). The third kappa shape index (κ3) is 3.41. The Labute approximate surface area is 106 Å². The molecule has 18 heavy (non-hydrogen) atoms. The van der Waals surface area contributed by atoms with Crippen molar-refractivity contribution in [3.05, 3.63) is 36.7 Å². The molecule has 5 nitrogen and oxygen atoms in total. The molecule has 1 aromatic carbocycles. The maximum atomic E-state index is 5.61. The summed E-state index contributed by atoms with van der Waals surface area (Å²) in [4.78, 5) is 0. The molecule has 0 atom stereocenters. The standard InChI is InChI=1S/C13H17N3O2/c1-17-12-3-5-13(6-4-12)18-8-2-7-16-10-11(14)9-15-16/h3-6,9-10H,2,7-8,14H2,1H3. The van der Waals surface area contributed by atoms with Crippen LogP contribution in [0.15, 0.2) is 36.7 Å². The van der Waals surface area contributed by atoms with Gasteiger partial charge in [0.1, 0.15) is 11.5 Å². The van der Waals surface area contributed by atoms with E-state index in [1.165, 1.54) is 0 Å². The van der Waals surface area contributed by atoms with Gasteiger partial charge in [0.25, 0.3) is 0 Å². The van der Waals surface area contributed by atoms with Crippen molar-refractivity contribution < 1.29 is 9.47 Å². The summed E-state index contributed by atoms with van der Waals surface area (Å²) in [6.07, 6.45) is 4.34. The fraction of sp³-hybridized carbons (Fsp3) is 0.308. The van der Waals surface area contributed by atoms with Crippen molar-refractivity contribution in [3.63, 3.8) is 0 Å². The summed E-state index contributed by atoms with van der Waals surface area (Å²) in [7, 11) is 1.64. The van der Waals surface area contributed by atoms with Crippen molar-refractivity contribution in [2.24, 2.45) is 0 Å². The number of anilines is 1. The lowest BCUT2D eigenvalue weighted by atomic mass is 10.3. The second-order valence-corrected chi connectivity index (χ2v) is 3.91. The summed E-state index contributed by atoms with van der Waals surface area (Å²) < 4.78 is 12.5. The van der Waals surface area contributed by atoms with Gasteiger partial charge in [-0.25, -0.2) is 0 Å². The number of nitrogens with zero attached hydrogens (tertiary/aromatic N) is 2. The van der Waals surface area contributed by atoms with Crippen LogP contribution in [0.25, 0.3) is 0 Å². The topological polar surface area (TPSA) is 62.3 Å². The van der Waals surface area contributed by atoms with Crippen LogP contribution in [0.2, 0.25) is 0 Å². The molecule has 2 aromatic rings. The van der Waals surface area contributed by atoms with E-state index in [9.17, 15) is 0 Å². The zero-order valence-electron chi connectivity index (χ0n) is 10.4. The first kappa shape index (κ1) is 12.3. The lowest BCUT2D eigenvalue weighted by molar-refractivity contribution is 0.298. The Morgan fingerprint density at radius 3 is 2.56 bits per heavy atom. The minimum Gasteiger partial charge on any atom is -0.497 e. The van der Waals surface area contributed by atoms with Gasteiger partial charge in [0.15, 0.2) is 0 Å². The van der Waals surface area contributed by atoms with Crippen LogP contribution in [-0.2, 0) is 6.54 Å². The predicted molar refractivity (Wildman–Crippen MR) is 69.7 cm³/mol. The summed E-state index contributed by atoms with van der Waals surface area (Å²) in [6, 6.07) is 7.54. The normalized spacial score (nSPS) is 10.3. The Hall–Kier alpha value is -2.17. The molecule has 0 saturated carbocycles. The Balaban J connectivity index is 1.71. The van der Waals surface area contributed by atoms with Gasteiger partial charge in [0.05, 0.1) is 25.6 Å². The van der Waals surface area contributed by atoms with E-state index in [-0.39, 0.29) is 0 Å². The van der Waals surface area contributed by atoms with Gasteiger partial charge in [-0.2, -0.15) is 5.10 Å². The number of ether oxygens (including phenoxy) is 2. The van der Waals surface area contributed by atoms with E-state index in [1.807, 2.05) is 35.1 Å². The number of nitrogens with two attached hydrogens (primary N) is 1. The summed E-state index contributed by atoms with van der Waals surface area (Å²) in [5, 5.41) is 4.10. The Kier molecular flexibility index (Phi) is 4.06. The van der Waals surface area contributed by atoms with Crippen LogP contribution >= 0.6 is 0 Å². The summed E-state index contributed by atoms with van der Waals surface area (Å²) in [5.74, 6) is 1.67. The van der Waals surface area contributed by atoms with E-state index in [2.05, 4.69) is 5.10 Å². The molecule has 0 fully saturated rings. The molecule has 0 radical (unpaired) electrons. The predicted octanol–water partition coefficient (Wildman–Crippen LogP) is 1.94. The van der Waals surface area contributed by atoms with E-state index in [0.29, 0.717) is 12.3 Å². The van der Waals surface area contributed by atoms with E-state index in [1.54, 1.807) is 13.3 Å². The Morgan fingerprint density at radius 1 is 1.22 bits per heavy atom. The zero-order valence-corrected chi connectivity index (χ0v) is 10.4. The maximum Gasteiger partial charge on any atom is 0.119 e. The zero-order chi connectivity index (χ0) is 12.8. The van der Waals surface area contributed by atoms with E-state index >= 15 is 0 Å². The fourth-order valence-electron chi connectivity index (χ4n) is 1.59. The number of aromatic nitrogens is 2. The van der Waals surface area contributed by atoms with Crippen molar-refractivity contribution in [3.8, 4) is 11.5 Å². The third-order valence-electron chi connectivity index (χ3n) is 2.51. The second-order valence-electron chi connectivity index (χ2n) is 3.91. The molecule has 0 saturated heterocycles. The Morgan fingerprint density at radius 2 is 1.94 bits per heavy atom. The first-order valence-electron chi connectivity index (χ1n) is 5.83. The average Bonchev–Trinajstić information content (AvgIpc) is 2.81. The number of hydrogen-bond donors (Lipinski definition) is 1. The van der Waals surface area contributed by atoms with Gasteiger partial charge in [-0.3, -0.25) is 4.68 Å². The van der Waals surface area contributed by atoms with Crippen LogP contribution in [0.3, 0.4) is 0 Å². The minimum absolute atomic E-state index is 0.645. The number of aryl methyl sites for hydroxylation is 1. The van der Waals surface area contributed by atoms with Gasteiger partial charge in [-0.15, -0.1) is 0 Å². The molecule has 0 amide bonds. The molecule has 1 aromatic heterocycles. The first-order valence-corrected chi connectivity index (χ1v) is 5.83. The molecular formula is C13H17N3O2. The Bertz CT molecular complexity index is 479. The lowest BCUT2D eigenvalue weighted by Crippen LogP contribution is -2.04. The number of benzene rings is 1. The largest absolute Gasteiger partial charge is 0.497 e. The van der Waals surface area contributed by atoms with Crippen molar-refractivity contribution >= 4 is 5.69 Å². The van der Waals surface area contributed by atoms with E-state index in [4.69, 9.17) is 15.2 Å². The lowest BCUT2D eigenvalue weighted by Gasteiger charge is -2.07. The highest BCUT2D eigenvalue weighted by atomic mass is 16.5. The molecule has 2 N–H and O–H groups in total. The fourth-order valence-corrected chi connectivity index (χ4v) is 1.59. The average molecular weight is 247 g/mol. The summed E-state index contributed by atoms with van der Waals surface area (Å²) >= 11 is 0. The van der Waals surface area contributed by atoms with Crippen LogP contribution in [0.4, 0.5) is 5.69 Å².